The summed E-state index contributed by atoms with van der Waals surface area (Å²) in [5, 5.41) is 39.5. The van der Waals surface area contributed by atoms with Gasteiger partial charge in [-0.25, -0.2) is 4.79 Å². The molecule has 114 valence electrons. The van der Waals surface area contributed by atoms with Gasteiger partial charge in [-0.15, -0.1) is 0 Å². The molecule has 0 aromatic carbocycles. The Kier molecular flexibility index (Phi) is 5.45. The molecule has 1 heterocycles. The zero-order chi connectivity index (χ0) is 15.4. The second-order valence-electron chi connectivity index (χ2n) is 4.46. The van der Waals surface area contributed by atoms with Crippen LogP contribution in [0.1, 0.15) is 0 Å². The Morgan fingerprint density at radius 1 is 1.15 bits per heavy atom. The molecule has 0 aliphatic heterocycles. The molecule has 0 fully saturated rings. The van der Waals surface area contributed by atoms with Crippen molar-refractivity contribution in [1.82, 2.24) is 9.13 Å². The van der Waals surface area contributed by atoms with Crippen LogP contribution in [0, 0.1) is 0 Å². The van der Waals surface area contributed by atoms with Gasteiger partial charge < -0.3 is 25.7 Å². The second kappa shape index (κ2) is 6.66. The maximum absolute atomic E-state index is 11.6. The zero-order valence-electron chi connectivity index (χ0n) is 11.2. The highest BCUT2D eigenvalue weighted by Crippen LogP contribution is 2.03. The minimum Gasteiger partial charge on any atom is -0.394 e. The van der Waals surface area contributed by atoms with E-state index in [1.54, 1.807) is 0 Å². The molecule has 1 rings (SSSR count). The van der Waals surface area contributed by atoms with E-state index in [0.717, 1.165) is 4.57 Å². The van der Waals surface area contributed by atoms with Gasteiger partial charge in [-0.05, 0) is 0 Å². The van der Waals surface area contributed by atoms with E-state index < -0.39 is 36.2 Å². The fraction of sp³-hybridized carbons (Fsp3) is 0.636. The molecule has 1 aromatic rings. The number of aromatic nitrogens is 2. The maximum atomic E-state index is 11.6. The van der Waals surface area contributed by atoms with Crippen molar-refractivity contribution in [3.05, 3.63) is 26.9 Å². The van der Waals surface area contributed by atoms with E-state index in [-0.39, 0.29) is 12.4 Å². The van der Waals surface area contributed by atoms with Gasteiger partial charge in [0.1, 0.15) is 18.0 Å². The molecule has 9 heteroatoms. The van der Waals surface area contributed by atoms with E-state index in [4.69, 9.17) is 5.11 Å². The van der Waals surface area contributed by atoms with Crippen LogP contribution in [0.25, 0.3) is 0 Å². The number of nitrogens with zero attached hydrogens (tertiary/aromatic N) is 2. The molecule has 0 aliphatic carbocycles. The first kappa shape index (κ1) is 16.4. The van der Waals surface area contributed by atoms with Crippen molar-refractivity contribution in [1.29, 1.82) is 0 Å². The molecule has 0 amide bonds. The molecule has 0 saturated carbocycles. The van der Waals surface area contributed by atoms with Crippen LogP contribution < -0.4 is 16.6 Å². The summed E-state index contributed by atoms with van der Waals surface area (Å²) in [6, 6.07) is 1.17. The number of rotatable bonds is 6. The molecule has 0 bridgehead atoms. The minimum absolute atomic E-state index is 0.169. The number of anilines is 1. The van der Waals surface area contributed by atoms with E-state index in [2.05, 4.69) is 5.32 Å². The second-order valence-corrected chi connectivity index (χ2v) is 4.46. The van der Waals surface area contributed by atoms with Gasteiger partial charge in [0, 0.05) is 26.7 Å². The Balaban J connectivity index is 2.81. The van der Waals surface area contributed by atoms with Crippen LogP contribution in [0.15, 0.2) is 15.7 Å². The number of nitrogens with one attached hydrogen (secondary N) is 1. The molecule has 0 saturated heterocycles. The number of hydrogen-bond acceptors (Lipinski definition) is 7. The molecule has 0 spiro atoms. The van der Waals surface area contributed by atoms with Gasteiger partial charge in [-0.1, -0.05) is 0 Å². The highest BCUT2D eigenvalue weighted by atomic mass is 16.4. The van der Waals surface area contributed by atoms with Crippen LogP contribution in [0.2, 0.25) is 0 Å². The molecular formula is C11H19N3O6. The summed E-state index contributed by atoms with van der Waals surface area (Å²) in [7, 11) is 2.78. The Hall–Kier alpha value is -1.68. The van der Waals surface area contributed by atoms with Gasteiger partial charge in [0.2, 0.25) is 0 Å². The Bertz CT molecular complexity index is 566. The predicted molar refractivity (Wildman–Crippen MR) is 70.5 cm³/mol. The smallest absolute Gasteiger partial charge is 0.332 e. The average molecular weight is 289 g/mol. The zero-order valence-corrected chi connectivity index (χ0v) is 11.2. The fourth-order valence-corrected chi connectivity index (χ4v) is 1.60. The standard InChI is InChI=1S/C11H19N3O6/c1-13-8(3-9(18)14(2)11(13)20)12-4-6(16)10(19)7(17)5-15/h3,6-7,10,12,15-17,19H,4-5H2,1-2H3/t6-,7+,10+/m0/s1. The Morgan fingerprint density at radius 2 is 1.75 bits per heavy atom. The van der Waals surface area contributed by atoms with Crippen LogP contribution >= 0.6 is 0 Å². The van der Waals surface area contributed by atoms with E-state index in [1.165, 1.54) is 24.7 Å². The monoisotopic (exact) mass is 289 g/mol. The molecule has 0 radical (unpaired) electrons. The lowest BCUT2D eigenvalue weighted by Crippen LogP contribution is -2.44. The molecule has 0 unspecified atom stereocenters. The molecule has 0 aliphatic rings. The van der Waals surface area contributed by atoms with Crippen LogP contribution in [0.5, 0.6) is 0 Å². The van der Waals surface area contributed by atoms with Crippen LogP contribution in [-0.4, -0.2) is 61.0 Å². The third-order valence-corrected chi connectivity index (χ3v) is 2.99. The van der Waals surface area contributed by atoms with Crippen LogP contribution in [0.4, 0.5) is 5.82 Å². The number of hydrogen-bond donors (Lipinski definition) is 5. The van der Waals surface area contributed by atoms with Crippen molar-refractivity contribution >= 4 is 5.82 Å². The lowest BCUT2D eigenvalue weighted by atomic mass is 10.1. The Morgan fingerprint density at radius 3 is 2.30 bits per heavy atom. The SMILES string of the molecule is Cn1c(NC[C@H](O)[C@@H](O)[C@H](O)CO)cc(=O)n(C)c1=O. The number of aliphatic hydroxyl groups excluding tert-OH is 4. The van der Waals surface area contributed by atoms with Gasteiger partial charge in [0.15, 0.2) is 0 Å². The van der Waals surface area contributed by atoms with Crippen LogP contribution in [-0.2, 0) is 14.1 Å². The van der Waals surface area contributed by atoms with Gasteiger partial charge in [-0.3, -0.25) is 13.9 Å². The van der Waals surface area contributed by atoms with Crippen molar-refractivity contribution in [2.24, 2.45) is 14.1 Å². The van der Waals surface area contributed by atoms with E-state index in [9.17, 15) is 24.9 Å². The third kappa shape index (κ3) is 3.45. The molecule has 3 atom stereocenters. The lowest BCUT2D eigenvalue weighted by Gasteiger charge is -2.22. The van der Waals surface area contributed by atoms with Gasteiger partial charge in [-0.2, -0.15) is 0 Å². The molecule has 20 heavy (non-hydrogen) atoms. The minimum atomic E-state index is -1.55. The van der Waals surface area contributed by atoms with Gasteiger partial charge in [0.25, 0.3) is 5.56 Å². The molecular weight excluding hydrogens is 270 g/mol. The molecule has 9 nitrogen and oxygen atoms in total. The lowest BCUT2D eigenvalue weighted by molar-refractivity contribution is -0.0715. The summed E-state index contributed by atoms with van der Waals surface area (Å²) in [6.07, 6.45) is -4.40. The van der Waals surface area contributed by atoms with Crippen molar-refractivity contribution in [3.8, 4) is 0 Å². The van der Waals surface area contributed by atoms with E-state index >= 15 is 0 Å². The molecule has 1 aromatic heterocycles. The maximum Gasteiger partial charge on any atom is 0.332 e. The van der Waals surface area contributed by atoms with Crippen LogP contribution in [0.3, 0.4) is 0 Å². The normalized spacial score (nSPS) is 15.7. The summed E-state index contributed by atoms with van der Waals surface area (Å²) < 4.78 is 2.09. The first-order chi connectivity index (χ1) is 9.29. The number of aliphatic hydroxyl groups is 4. The van der Waals surface area contributed by atoms with Crippen molar-refractivity contribution in [2.75, 3.05) is 18.5 Å². The molecule has 5 N–H and O–H groups in total. The topological polar surface area (TPSA) is 137 Å². The first-order valence-electron chi connectivity index (χ1n) is 5.95. The van der Waals surface area contributed by atoms with Gasteiger partial charge in [0.05, 0.1) is 12.7 Å². The fourth-order valence-electron chi connectivity index (χ4n) is 1.60. The first-order valence-corrected chi connectivity index (χ1v) is 5.95. The summed E-state index contributed by atoms with van der Waals surface area (Å²) in [5.74, 6) is 0.169. The highest BCUT2D eigenvalue weighted by molar-refractivity contribution is 5.33. The quantitative estimate of drug-likeness (QED) is 0.367. The van der Waals surface area contributed by atoms with E-state index in [0.29, 0.717) is 0 Å². The summed E-state index contributed by atoms with van der Waals surface area (Å²) in [5.41, 5.74) is -1.05. The largest absolute Gasteiger partial charge is 0.394 e. The predicted octanol–water partition coefficient (Wildman–Crippen LogP) is -3.43. The third-order valence-electron chi connectivity index (χ3n) is 2.99. The van der Waals surface area contributed by atoms with Crippen molar-refractivity contribution in [2.45, 2.75) is 18.3 Å². The summed E-state index contributed by atoms with van der Waals surface area (Å²) in [6.45, 7) is -0.902. The van der Waals surface area contributed by atoms with Crippen molar-refractivity contribution < 1.29 is 20.4 Å². The Labute approximate surface area is 114 Å². The average Bonchev–Trinajstić information content (AvgIpc) is 2.45. The van der Waals surface area contributed by atoms with Gasteiger partial charge >= 0.3 is 5.69 Å². The van der Waals surface area contributed by atoms with E-state index in [1.807, 2.05) is 0 Å². The van der Waals surface area contributed by atoms with Crippen molar-refractivity contribution in [3.63, 3.8) is 0 Å². The highest BCUT2D eigenvalue weighted by Gasteiger charge is 2.24. The summed E-state index contributed by atoms with van der Waals surface area (Å²) >= 11 is 0. The summed E-state index contributed by atoms with van der Waals surface area (Å²) in [4.78, 5) is 23.1.